The molecule has 1 N–H and O–H groups in total. The summed E-state index contributed by atoms with van der Waals surface area (Å²) in [5.41, 5.74) is 1.11. The van der Waals surface area contributed by atoms with Gasteiger partial charge in [-0.2, -0.15) is 0 Å². The minimum absolute atomic E-state index is 0.213. The first-order chi connectivity index (χ1) is 11.0. The van der Waals surface area contributed by atoms with E-state index < -0.39 is 0 Å². The van der Waals surface area contributed by atoms with Gasteiger partial charge in [0.1, 0.15) is 11.5 Å². The Hall–Kier alpha value is -2.41. The van der Waals surface area contributed by atoms with Crippen molar-refractivity contribution in [2.24, 2.45) is 0 Å². The van der Waals surface area contributed by atoms with E-state index in [1.807, 2.05) is 6.92 Å². The Morgan fingerprint density at radius 1 is 1.17 bits per heavy atom. The Balaban J connectivity index is 1.65. The molecule has 3 heterocycles. The first kappa shape index (κ1) is 15.5. The van der Waals surface area contributed by atoms with Crippen LogP contribution in [-0.2, 0) is 0 Å². The van der Waals surface area contributed by atoms with E-state index in [0.29, 0.717) is 28.7 Å². The molecule has 0 aliphatic carbocycles. The third-order valence-corrected chi connectivity index (χ3v) is 3.97. The zero-order valence-electron chi connectivity index (χ0n) is 13.7. The molecule has 1 saturated heterocycles. The van der Waals surface area contributed by atoms with Crippen molar-refractivity contribution in [1.82, 2.24) is 14.9 Å². The van der Waals surface area contributed by atoms with Gasteiger partial charge in [0.15, 0.2) is 0 Å². The third-order valence-electron chi connectivity index (χ3n) is 3.97. The number of nitrogens with one attached hydrogen (secondary N) is 1. The molecule has 7 heteroatoms. The highest BCUT2D eigenvalue weighted by atomic mass is 16.3. The Morgan fingerprint density at radius 2 is 1.83 bits per heavy atom. The van der Waals surface area contributed by atoms with Gasteiger partial charge in [0.05, 0.1) is 23.6 Å². The first-order valence-corrected chi connectivity index (χ1v) is 7.67. The van der Waals surface area contributed by atoms with Crippen LogP contribution < -0.4 is 10.2 Å². The van der Waals surface area contributed by atoms with Crippen molar-refractivity contribution in [2.75, 3.05) is 43.4 Å². The molecule has 3 rings (SSSR count). The number of anilines is 2. The highest BCUT2D eigenvalue weighted by Gasteiger charge is 2.17. The molecule has 1 amide bonds. The Bertz CT molecular complexity index is 687. The molecular weight excluding hydrogens is 294 g/mol. The van der Waals surface area contributed by atoms with E-state index in [-0.39, 0.29) is 5.91 Å². The second-order valence-corrected chi connectivity index (χ2v) is 5.84. The summed E-state index contributed by atoms with van der Waals surface area (Å²) in [7, 11) is 2.11. The van der Waals surface area contributed by atoms with E-state index in [9.17, 15) is 4.79 Å². The summed E-state index contributed by atoms with van der Waals surface area (Å²) in [4.78, 5) is 25.4. The van der Waals surface area contributed by atoms with Crippen molar-refractivity contribution in [3.63, 3.8) is 0 Å². The summed E-state index contributed by atoms with van der Waals surface area (Å²) in [5.74, 6) is 1.81. The molecule has 0 radical (unpaired) electrons. The molecule has 0 bridgehead atoms. The number of aromatic nitrogens is 2. The van der Waals surface area contributed by atoms with E-state index in [1.165, 1.54) is 0 Å². The SMILES string of the molecule is Cc1cc(C(=O)Nc2cnc(N3CCN(C)CC3)nc2)c(C)o1. The Labute approximate surface area is 135 Å². The fourth-order valence-electron chi connectivity index (χ4n) is 2.61. The second kappa shape index (κ2) is 6.37. The van der Waals surface area contributed by atoms with Crippen molar-refractivity contribution >= 4 is 17.5 Å². The fraction of sp³-hybridized carbons (Fsp3) is 0.438. The van der Waals surface area contributed by atoms with Gasteiger partial charge in [-0.1, -0.05) is 0 Å². The minimum atomic E-state index is -0.213. The lowest BCUT2D eigenvalue weighted by atomic mass is 10.2. The van der Waals surface area contributed by atoms with Crippen LogP contribution in [0.2, 0.25) is 0 Å². The average molecular weight is 315 g/mol. The number of amides is 1. The molecule has 122 valence electrons. The van der Waals surface area contributed by atoms with Gasteiger partial charge in [-0.05, 0) is 27.0 Å². The van der Waals surface area contributed by atoms with Crippen LogP contribution in [0, 0.1) is 13.8 Å². The van der Waals surface area contributed by atoms with Gasteiger partial charge in [-0.3, -0.25) is 4.79 Å². The zero-order valence-corrected chi connectivity index (χ0v) is 13.7. The summed E-state index contributed by atoms with van der Waals surface area (Å²) in [5, 5.41) is 2.80. The number of rotatable bonds is 3. The summed E-state index contributed by atoms with van der Waals surface area (Å²) < 4.78 is 5.38. The zero-order chi connectivity index (χ0) is 16.4. The quantitative estimate of drug-likeness (QED) is 0.929. The topological polar surface area (TPSA) is 74.5 Å². The van der Waals surface area contributed by atoms with Crippen LogP contribution in [0.15, 0.2) is 22.9 Å². The summed E-state index contributed by atoms with van der Waals surface area (Å²) >= 11 is 0. The molecule has 2 aromatic heterocycles. The lowest BCUT2D eigenvalue weighted by molar-refractivity contribution is 0.102. The number of hydrogen-bond acceptors (Lipinski definition) is 6. The molecule has 0 unspecified atom stereocenters. The van der Waals surface area contributed by atoms with Gasteiger partial charge < -0.3 is 19.5 Å². The van der Waals surface area contributed by atoms with Crippen LogP contribution in [0.3, 0.4) is 0 Å². The molecule has 23 heavy (non-hydrogen) atoms. The smallest absolute Gasteiger partial charge is 0.259 e. The van der Waals surface area contributed by atoms with E-state index in [2.05, 4.69) is 32.1 Å². The largest absolute Gasteiger partial charge is 0.466 e. The van der Waals surface area contributed by atoms with E-state index in [0.717, 1.165) is 26.2 Å². The molecule has 1 aliphatic rings. The lowest BCUT2D eigenvalue weighted by Crippen LogP contribution is -2.45. The number of likely N-dealkylation sites (N-methyl/N-ethyl adjacent to an activating group) is 1. The summed E-state index contributed by atoms with van der Waals surface area (Å²) in [6, 6.07) is 1.73. The predicted octanol–water partition coefficient (Wildman–Crippen LogP) is 1.69. The number of aryl methyl sites for hydroxylation is 2. The van der Waals surface area contributed by atoms with Crippen LogP contribution in [0.1, 0.15) is 21.9 Å². The van der Waals surface area contributed by atoms with E-state index >= 15 is 0 Å². The highest BCUT2D eigenvalue weighted by molar-refractivity contribution is 6.04. The average Bonchev–Trinajstić information content (AvgIpc) is 2.88. The number of hydrogen-bond donors (Lipinski definition) is 1. The van der Waals surface area contributed by atoms with E-state index in [4.69, 9.17) is 4.42 Å². The first-order valence-electron chi connectivity index (χ1n) is 7.67. The predicted molar refractivity (Wildman–Crippen MR) is 87.9 cm³/mol. The molecule has 1 aliphatic heterocycles. The Morgan fingerprint density at radius 3 is 2.39 bits per heavy atom. The monoisotopic (exact) mass is 315 g/mol. The second-order valence-electron chi connectivity index (χ2n) is 5.84. The van der Waals surface area contributed by atoms with Gasteiger partial charge in [-0.25, -0.2) is 9.97 Å². The van der Waals surface area contributed by atoms with Crippen molar-refractivity contribution in [1.29, 1.82) is 0 Å². The van der Waals surface area contributed by atoms with Gasteiger partial charge in [0.25, 0.3) is 5.91 Å². The summed E-state index contributed by atoms with van der Waals surface area (Å²) in [6.07, 6.45) is 3.28. The van der Waals surface area contributed by atoms with Crippen molar-refractivity contribution in [3.8, 4) is 0 Å². The number of carbonyl (C=O) groups excluding carboxylic acids is 1. The molecule has 1 fully saturated rings. The highest BCUT2D eigenvalue weighted by Crippen LogP contribution is 2.17. The van der Waals surface area contributed by atoms with E-state index in [1.54, 1.807) is 25.4 Å². The van der Waals surface area contributed by atoms with Crippen molar-refractivity contribution in [2.45, 2.75) is 13.8 Å². The number of piperazine rings is 1. The molecule has 0 saturated carbocycles. The summed E-state index contributed by atoms with van der Waals surface area (Å²) in [6.45, 7) is 7.42. The van der Waals surface area contributed by atoms with Crippen LogP contribution in [0.4, 0.5) is 11.6 Å². The maximum absolute atomic E-state index is 12.2. The maximum Gasteiger partial charge on any atom is 0.259 e. The molecule has 0 aromatic carbocycles. The van der Waals surface area contributed by atoms with Gasteiger partial charge in [0, 0.05) is 26.2 Å². The number of nitrogens with zero attached hydrogens (tertiary/aromatic N) is 4. The van der Waals surface area contributed by atoms with Crippen LogP contribution in [0.25, 0.3) is 0 Å². The third kappa shape index (κ3) is 3.50. The lowest BCUT2D eigenvalue weighted by Gasteiger charge is -2.32. The Kier molecular flexibility index (Phi) is 4.29. The molecule has 7 nitrogen and oxygen atoms in total. The van der Waals surface area contributed by atoms with Crippen LogP contribution >= 0.6 is 0 Å². The van der Waals surface area contributed by atoms with Crippen molar-refractivity contribution < 1.29 is 9.21 Å². The number of furan rings is 1. The van der Waals surface area contributed by atoms with Gasteiger partial charge in [-0.15, -0.1) is 0 Å². The maximum atomic E-state index is 12.2. The number of carbonyl (C=O) groups is 1. The minimum Gasteiger partial charge on any atom is -0.466 e. The molecule has 0 spiro atoms. The van der Waals surface area contributed by atoms with Crippen LogP contribution in [-0.4, -0.2) is 54.0 Å². The normalized spacial score (nSPS) is 15.7. The molecule has 0 atom stereocenters. The van der Waals surface area contributed by atoms with Gasteiger partial charge >= 0.3 is 0 Å². The van der Waals surface area contributed by atoms with Gasteiger partial charge in [0.2, 0.25) is 5.95 Å². The molecular formula is C16H21N5O2. The van der Waals surface area contributed by atoms with Crippen molar-refractivity contribution in [3.05, 3.63) is 35.5 Å². The fourth-order valence-corrected chi connectivity index (χ4v) is 2.61. The standard InChI is InChI=1S/C16H21N5O2/c1-11-8-14(12(2)23-11)15(22)19-13-9-17-16(18-10-13)21-6-4-20(3)5-7-21/h8-10H,4-7H2,1-3H3,(H,19,22). The van der Waals surface area contributed by atoms with Crippen LogP contribution in [0.5, 0.6) is 0 Å². The molecule has 2 aromatic rings.